The number of hydrogen-bond acceptors (Lipinski definition) is 4. The van der Waals surface area contributed by atoms with Crippen molar-refractivity contribution in [2.24, 2.45) is 5.73 Å². The number of aldehydes is 1. The maximum absolute atomic E-state index is 10.6. The van der Waals surface area contributed by atoms with Gasteiger partial charge in [-0.05, 0) is 18.6 Å². The SMILES string of the molecule is CCC[C@H](N)c1nc(C=O)ccc1OC. The van der Waals surface area contributed by atoms with Crippen LogP contribution in [-0.4, -0.2) is 18.4 Å². The molecule has 15 heavy (non-hydrogen) atoms. The fourth-order valence-corrected chi connectivity index (χ4v) is 1.43. The number of ether oxygens (including phenoxy) is 1. The lowest BCUT2D eigenvalue weighted by molar-refractivity contribution is 0.111. The van der Waals surface area contributed by atoms with Gasteiger partial charge < -0.3 is 10.5 Å². The molecule has 4 nitrogen and oxygen atoms in total. The van der Waals surface area contributed by atoms with Crippen LogP contribution in [0, 0.1) is 0 Å². The monoisotopic (exact) mass is 208 g/mol. The Kier molecular flexibility index (Phi) is 4.24. The molecule has 0 unspecified atom stereocenters. The van der Waals surface area contributed by atoms with E-state index in [1.54, 1.807) is 19.2 Å². The van der Waals surface area contributed by atoms with E-state index in [1.807, 2.05) is 0 Å². The number of carbonyl (C=O) groups is 1. The highest BCUT2D eigenvalue weighted by Crippen LogP contribution is 2.24. The Balaban J connectivity index is 3.05. The largest absolute Gasteiger partial charge is 0.495 e. The second-order valence-electron chi connectivity index (χ2n) is 3.34. The predicted octanol–water partition coefficient (Wildman–Crippen LogP) is 1.70. The van der Waals surface area contributed by atoms with Crippen molar-refractivity contribution in [3.63, 3.8) is 0 Å². The van der Waals surface area contributed by atoms with Gasteiger partial charge in [0.2, 0.25) is 0 Å². The average Bonchev–Trinajstić information content (AvgIpc) is 2.28. The van der Waals surface area contributed by atoms with Gasteiger partial charge in [-0.15, -0.1) is 0 Å². The molecular formula is C11H16N2O2. The molecule has 1 atom stereocenters. The third-order valence-corrected chi connectivity index (χ3v) is 2.20. The molecule has 1 heterocycles. The van der Waals surface area contributed by atoms with Gasteiger partial charge >= 0.3 is 0 Å². The highest BCUT2D eigenvalue weighted by Gasteiger charge is 2.13. The minimum atomic E-state index is -0.176. The van der Waals surface area contributed by atoms with E-state index in [0.29, 0.717) is 23.4 Å². The van der Waals surface area contributed by atoms with Crippen LogP contribution >= 0.6 is 0 Å². The van der Waals surface area contributed by atoms with E-state index in [9.17, 15) is 4.79 Å². The van der Waals surface area contributed by atoms with Gasteiger partial charge in [0.15, 0.2) is 6.29 Å². The van der Waals surface area contributed by atoms with Crippen molar-refractivity contribution in [1.82, 2.24) is 4.98 Å². The lowest BCUT2D eigenvalue weighted by Gasteiger charge is -2.13. The molecule has 0 radical (unpaired) electrons. The van der Waals surface area contributed by atoms with E-state index in [1.165, 1.54) is 0 Å². The fourth-order valence-electron chi connectivity index (χ4n) is 1.43. The number of hydrogen-bond donors (Lipinski definition) is 1. The molecule has 1 aromatic rings. The summed E-state index contributed by atoms with van der Waals surface area (Å²) in [6, 6.07) is 3.17. The molecule has 0 aliphatic heterocycles. The van der Waals surface area contributed by atoms with Gasteiger partial charge in [0.1, 0.15) is 11.4 Å². The van der Waals surface area contributed by atoms with Crippen molar-refractivity contribution in [2.45, 2.75) is 25.8 Å². The summed E-state index contributed by atoms with van der Waals surface area (Å²) in [6.07, 6.45) is 2.50. The standard InChI is InChI=1S/C11H16N2O2/c1-3-4-9(12)11-10(15-2)6-5-8(7-14)13-11/h5-7,9H,3-4,12H2,1-2H3/t9-/m0/s1. The van der Waals surface area contributed by atoms with Crippen LogP contribution in [0.15, 0.2) is 12.1 Å². The molecule has 2 N–H and O–H groups in total. The van der Waals surface area contributed by atoms with Crippen LogP contribution in [0.25, 0.3) is 0 Å². The molecule has 82 valence electrons. The zero-order valence-corrected chi connectivity index (χ0v) is 9.06. The lowest BCUT2D eigenvalue weighted by Crippen LogP contribution is -2.14. The van der Waals surface area contributed by atoms with Crippen LogP contribution in [0.3, 0.4) is 0 Å². The normalized spacial score (nSPS) is 12.2. The van der Waals surface area contributed by atoms with E-state index < -0.39 is 0 Å². The average molecular weight is 208 g/mol. The van der Waals surface area contributed by atoms with Gasteiger partial charge in [-0.25, -0.2) is 4.98 Å². The van der Waals surface area contributed by atoms with Gasteiger partial charge in [-0.2, -0.15) is 0 Å². The van der Waals surface area contributed by atoms with Crippen LogP contribution < -0.4 is 10.5 Å². The topological polar surface area (TPSA) is 65.2 Å². The Morgan fingerprint density at radius 2 is 2.33 bits per heavy atom. The van der Waals surface area contributed by atoms with Crippen molar-refractivity contribution in [3.8, 4) is 5.75 Å². The Labute approximate surface area is 89.5 Å². The molecule has 1 aromatic heterocycles. The zero-order chi connectivity index (χ0) is 11.3. The van der Waals surface area contributed by atoms with E-state index in [-0.39, 0.29) is 6.04 Å². The first-order valence-electron chi connectivity index (χ1n) is 4.98. The minimum Gasteiger partial charge on any atom is -0.495 e. The number of nitrogens with zero attached hydrogens (tertiary/aromatic N) is 1. The summed E-state index contributed by atoms with van der Waals surface area (Å²) in [6.45, 7) is 2.05. The van der Waals surface area contributed by atoms with Crippen molar-refractivity contribution in [1.29, 1.82) is 0 Å². The van der Waals surface area contributed by atoms with Crippen LogP contribution in [0.2, 0.25) is 0 Å². The highest BCUT2D eigenvalue weighted by molar-refractivity contribution is 5.72. The van der Waals surface area contributed by atoms with E-state index in [2.05, 4.69) is 11.9 Å². The summed E-state index contributed by atoms with van der Waals surface area (Å²) in [4.78, 5) is 14.8. The molecule has 0 aromatic carbocycles. The molecule has 0 saturated heterocycles. The Bertz CT molecular complexity index is 339. The maximum atomic E-state index is 10.6. The van der Waals surface area contributed by atoms with Crippen LogP contribution in [0.5, 0.6) is 5.75 Å². The van der Waals surface area contributed by atoms with Crippen molar-refractivity contribution in [3.05, 3.63) is 23.5 Å². The molecular weight excluding hydrogens is 192 g/mol. The van der Waals surface area contributed by atoms with Gasteiger partial charge in [-0.1, -0.05) is 13.3 Å². The first-order valence-corrected chi connectivity index (χ1v) is 4.98. The van der Waals surface area contributed by atoms with Crippen LogP contribution in [0.1, 0.15) is 42.0 Å². The number of pyridine rings is 1. The molecule has 0 saturated carbocycles. The molecule has 1 rings (SSSR count). The van der Waals surface area contributed by atoms with Gasteiger partial charge in [0.05, 0.1) is 18.8 Å². The molecule has 0 aliphatic rings. The predicted molar refractivity (Wildman–Crippen MR) is 58.0 cm³/mol. The highest BCUT2D eigenvalue weighted by atomic mass is 16.5. The third kappa shape index (κ3) is 2.76. The lowest BCUT2D eigenvalue weighted by atomic mass is 10.1. The molecule has 0 amide bonds. The number of carbonyl (C=O) groups excluding carboxylic acids is 1. The fraction of sp³-hybridized carbons (Fsp3) is 0.455. The summed E-state index contributed by atoms with van der Waals surface area (Å²) in [5, 5.41) is 0. The second-order valence-corrected chi connectivity index (χ2v) is 3.34. The molecule has 4 heteroatoms. The Morgan fingerprint density at radius 1 is 1.60 bits per heavy atom. The molecule has 0 aliphatic carbocycles. The quantitative estimate of drug-likeness (QED) is 0.748. The number of nitrogens with two attached hydrogens (primary N) is 1. The summed E-state index contributed by atoms with van der Waals surface area (Å²) in [5.41, 5.74) is 6.99. The summed E-state index contributed by atoms with van der Waals surface area (Å²) in [7, 11) is 1.57. The Morgan fingerprint density at radius 3 is 2.87 bits per heavy atom. The number of aromatic nitrogens is 1. The first kappa shape index (κ1) is 11.7. The van der Waals surface area contributed by atoms with Crippen LogP contribution in [-0.2, 0) is 0 Å². The van der Waals surface area contributed by atoms with Crippen LogP contribution in [0.4, 0.5) is 0 Å². The smallest absolute Gasteiger partial charge is 0.168 e. The second kappa shape index (κ2) is 5.46. The van der Waals surface area contributed by atoms with Gasteiger partial charge in [0.25, 0.3) is 0 Å². The Hall–Kier alpha value is -1.42. The number of rotatable bonds is 5. The van der Waals surface area contributed by atoms with E-state index >= 15 is 0 Å². The van der Waals surface area contributed by atoms with Gasteiger partial charge in [0, 0.05) is 0 Å². The molecule has 0 spiro atoms. The molecule has 0 fully saturated rings. The number of methoxy groups -OCH3 is 1. The summed E-state index contributed by atoms with van der Waals surface area (Å²) in [5.74, 6) is 0.640. The van der Waals surface area contributed by atoms with Crippen molar-refractivity contribution in [2.75, 3.05) is 7.11 Å². The summed E-state index contributed by atoms with van der Waals surface area (Å²) < 4.78 is 5.15. The maximum Gasteiger partial charge on any atom is 0.168 e. The van der Waals surface area contributed by atoms with E-state index in [0.717, 1.165) is 12.8 Å². The molecule has 0 bridgehead atoms. The van der Waals surface area contributed by atoms with Gasteiger partial charge in [-0.3, -0.25) is 4.79 Å². The summed E-state index contributed by atoms with van der Waals surface area (Å²) >= 11 is 0. The third-order valence-electron chi connectivity index (χ3n) is 2.20. The van der Waals surface area contributed by atoms with Crippen molar-refractivity contribution < 1.29 is 9.53 Å². The van der Waals surface area contributed by atoms with Crippen molar-refractivity contribution >= 4 is 6.29 Å². The first-order chi connectivity index (χ1) is 7.22. The van der Waals surface area contributed by atoms with E-state index in [4.69, 9.17) is 10.5 Å². The zero-order valence-electron chi connectivity index (χ0n) is 9.06. The minimum absolute atomic E-state index is 0.176.